The molecule has 0 radical (unpaired) electrons. The van der Waals surface area contributed by atoms with E-state index >= 15 is 0 Å². The minimum Gasteiger partial charge on any atom is -0.311 e. The molecule has 2 rings (SSSR count). The van der Waals surface area contributed by atoms with Gasteiger partial charge >= 0.3 is 0 Å². The first-order valence-electron chi connectivity index (χ1n) is 6.48. The fourth-order valence-electron chi connectivity index (χ4n) is 1.79. The summed E-state index contributed by atoms with van der Waals surface area (Å²) in [5.74, 6) is 0.648. The smallest absolute Gasteiger partial charge is 0.0964 e. The van der Waals surface area contributed by atoms with E-state index in [1.807, 2.05) is 29.1 Å². The Morgan fingerprint density at radius 3 is 2.84 bits per heavy atom. The molecule has 2 aromatic rings. The fourth-order valence-corrected chi connectivity index (χ4v) is 2.20. The van der Waals surface area contributed by atoms with Gasteiger partial charge in [0.05, 0.1) is 18.4 Å². The summed E-state index contributed by atoms with van der Waals surface area (Å²) in [6.07, 6.45) is 1.99. The molecule has 0 unspecified atom stereocenters. The lowest BCUT2D eigenvalue weighted by atomic mass is 10.2. The van der Waals surface area contributed by atoms with Gasteiger partial charge in [-0.1, -0.05) is 53.2 Å². The van der Waals surface area contributed by atoms with E-state index < -0.39 is 0 Å². The SMILES string of the molecule is CC(C)CNCc1cn(Cc2ccccc2Br)nn1. The molecule has 0 atom stereocenters. The molecule has 0 amide bonds. The van der Waals surface area contributed by atoms with Crippen molar-refractivity contribution in [2.75, 3.05) is 6.54 Å². The molecule has 1 aromatic heterocycles. The van der Waals surface area contributed by atoms with E-state index in [1.54, 1.807) is 0 Å². The van der Waals surface area contributed by atoms with Crippen LogP contribution in [-0.4, -0.2) is 21.5 Å². The van der Waals surface area contributed by atoms with Crippen molar-refractivity contribution in [2.45, 2.75) is 26.9 Å². The van der Waals surface area contributed by atoms with Crippen LogP contribution in [0.4, 0.5) is 0 Å². The predicted molar refractivity (Wildman–Crippen MR) is 79.8 cm³/mol. The molecule has 1 aromatic carbocycles. The Balaban J connectivity index is 1.92. The highest BCUT2D eigenvalue weighted by atomic mass is 79.9. The maximum absolute atomic E-state index is 4.17. The Labute approximate surface area is 122 Å². The lowest BCUT2D eigenvalue weighted by Gasteiger charge is -2.04. The number of nitrogens with one attached hydrogen (secondary N) is 1. The van der Waals surface area contributed by atoms with E-state index in [1.165, 1.54) is 5.56 Å². The second-order valence-electron chi connectivity index (χ2n) is 5.02. The molecular formula is C14H19BrN4. The molecule has 1 N–H and O–H groups in total. The summed E-state index contributed by atoms with van der Waals surface area (Å²) in [6, 6.07) is 8.16. The zero-order chi connectivity index (χ0) is 13.7. The van der Waals surface area contributed by atoms with Crippen molar-refractivity contribution < 1.29 is 0 Å². The number of nitrogens with zero attached hydrogens (tertiary/aromatic N) is 3. The van der Waals surface area contributed by atoms with Gasteiger partial charge in [0.1, 0.15) is 0 Å². The van der Waals surface area contributed by atoms with Gasteiger partial charge in [0, 0.05) is 11.0 Å². The lowest BCUT2D eigenvalue weighted by Crippen LogP contribution is -2.19. The second kappa shape index (κ2) is 6.82. The summed E-state index contributed by atoms with van der Waals surface area (Å²) in [5, 5.41) is 11.7. The molecule has 5 heteroatoms. The van der Waals surface area contributed by atoms with Crippen LogP contribution in [0.15, 0.2) is 34.9 Å². The molecule has 0 saturated heterocycles. The van der Waals surface area contributed by atoms with Crippen molar-refractivity contribution in [3.63, 3.8) is 0 Å². The van der Waals surface area contributed by atoms with Gasteiger partial charge in [-0.3, -0.25) is 0 Å². The first kappa shape index (κ1) is 14.2. The zero-order valence-electron chi connectivity index (χ0n) is 11.3. The highest BCUT2D eigenvalue weighted by molar-refractivity contribution is 9.10. The second-order valence-corrected chi connectivity index (χ2v) is 5.88. The quantitative estimate of drug-likeness (QED) is 0.889. The highest BCUT2D eigenvalue weighted by Crippen LogP contribution is 2.16. The third-order valence-corrected chi connectivity index (χ3v) is 3.51. The van der Waals surface area contributed by atoms with Crippen LogP contribution in [-0.2, 0) is 13.1 Å². The average Bonchev–Trinajstić information content (AvgIpc) is 2.79. The summed E-state index contributed by atoms with van der Waals surface area (Å²) in [6.45, 7) is 6.89. The molecule has 1 heterocycles. The molecule has 0 aliphatic carbocycles. The van der Waals surface area contributed by atoms with E-state index in [2.05, 4.69) is 51.5 Å². The van der Waals surface area contributed by atoms with Crippen LogP contribution < -0.4 is 5.32 Å². The number of hydrogen-bond acceptors (Lipinski definition) is 3. The van der Waals surface area contributed by atoms with Crippen LogP contribution in [0.5, 0.6) is 0 Å². The van der Waals surface area contributed by atoms with Crippen molar-refractivity contribution in [1.29, 1.82) is 0 Å². The fraction of sp³-hybridized carbons (Fsp3) is 0.429. The van der Waals surface area contributed by atoms with Crippen molar-refractivity contribution in [2.24, 2.45) is 5.92 Å². The Kier molecular flexibility index (Phi) is 5.10. The largest absolute Gasteiger partial charge is 0.311 e. The van der Waals surface area contributed by atoms with Gasteiger partial charge in [0.15, 0.2) is 0 Å². The Morgan fingerprint density at radius 1 is 1.32 bits per heavy atom. The third kappa shape index (κ3) is 4.44. The third-order valence-electron chi connectivity index (χ3n) is 2.73. The van der Waals surface area contributed by atoms with Gasteiger partial charge in [-0.05, 0) is 24.1 Å². The number of benzene rings is 1. The van der Waals surface area contributed by atoms with Gasteiger partial charge in [0.2, 0.25) is 0 Å². The van der Waals surface area contributed by atoms with E-state index in [-0.39, 0.29) is 0 Å². The van der Waals surface area contributed by atoms with Gasteiger partial charge in [0.25, 0.3) is 0 Å². The monoisotopic (exact) mass is 322 g/mol. The van der Waals surface area contributed by atoms with Gasteiger partial charge in [-0.25, -0.2) is 4.68 Å². The van der Waals surface area contributed by atoms with Crippen molar-refractivity contribution in [3.05, 3.63) is 46.2 Å². The Bertz CT molecular complexity index is 522. The standard InChI is InChI=1S/C14H19BrN4/c1-11(2)7-16-8-13-10-19(18-17-13)9-12-5-3-4-6-14(12)15/h3-6,10-11,16H,7-9H2,1-2H3. The lowest BCUT2D eigenvalue weighted by molar-refractivity contribution is 0.548. The summed E-state index contributed by atoms with van der Waals surface area (Å²) >= 11 is 3.54. The van der Waals surface area contributed by atoms with E-state index in [0.29, 0.717) is 5.92 Å². The van der Waals surface area contributed by atoms with E-state index in [0.717, 1.165) is 29.8 Å². The maximum atomic E-state index is 4.17. The summed E-state index contributed by atoms with van der Waals surface area (Å²) < 4.78 is 2.97. The first-order valence-corrected chi connectivity index (χ1v) is 7.27. The van der Waals surface area contributed by atoms with Crippen LogP contribution in [0, 0.1) is 5.92 Å². The van der Waals surface area contributed by atoms with Crippen molar-refractivity contribution in [3.8, 4) is 0 Å². The number of hydrogen-bond donors (Lipinski definition) is 1. The predicted octanol–water partition coefficient (Wildman–Crippen LogP) is 2.83. The van der Waals surface area contributed by atoms with Gasteiger partial charge in [-0.15, -0.1) is 5.10 Å². The van der Waals surface area contributed by atoms with Crippen LogP contribution in [0.1, 0.15) is 25.1 Å². The van der Waals surface area contributed by atoms with Crippen LogP contribution in [0.3, 0.4) is 0 Å². The molecule has 102 valence electrons. The topological polar surface area (TPSA) is 42.7 Å². The van der Waals surface area contributed by atoms with E-state index in [9.17, 15) is 0 Å². The molecule has 0 aliphatic heterocycles. The summed E-state index contributed by atoms with van der Waals surface area (Å²) in [5.41, 5.74) is 2.18. The number of halogens is 1. The maximum Gasteiger partial charge on any atom is 0.0964 e. The highest BCUT2D eigenvalue weighted by Gasteiger charge is 2.04. The zero-order valence-corrected chi connectivity index (χ0v) is 12.9. The molecule has 0 aliphatic rings. The molecule has 0 fully saturated rings. The van der Waals surface area contributed by atoms with Crippen LogP contribution in [0.2, 0.25) is 0 Å². The van der Waals surface area contributed by atoms with Crippen LogP contribution >= 0.6 is 15.9 Å². The normalized spacial score (nSPS) is 11.2. The van der Waals surface area contributed by atoms with Crippen LogP contribution in [0.25, 0.3) is 0 Å². The van der Waals surface area contributed by atoms with Gasteiger partial charge < -0.3 is 5.32 Å². The number of aromatic nitrogens is 3. The van der Waals surface area contributed by atoms with Crippen molar-refractivity contribution >= 4 is 15.9 Å². The average molecular weight is 323 g/mol. The van der Waals surface area contributed by atoms with Crippen molar-refractivity contribution in [1.82, 2.24) is 20.3 Å². The molecule has 4 nitrogen and oxygen atoms in total. The first-order chi connectivity index (χ1) is 9.15. The summed E-state index contributed by atoms with van der Waals surface area (Å²) in [4.78, 5) is 0. The van der Waals surface area contributed by atoms with E-state index in [4.69, 9.17) is 0 Å². The Morgan fingerprint density at radius 2 is 2.11 bits per heavy atom. The Hall–Kier alpha value is -1.20. The molecule has 0 spiro atoms. The molecule has 0 bridgehead atoms. The van der Waals surface area contributed by atoms with Gasteiger partial charge in [-0.2, -0.15) is 0 Å². The summed E-state index contributed by atoms with van der Waals surface area (Å²) in [7, 11) is 0. The molecule has 19 heavy (non-hydrogen) atoms. The molecule has 0 saturated carbocycles. The number of rotatable bonds is 6. The minimum absolute atomic E-state index is 0.648. The molecular weight excluding hydrogens is 304 g/mol. The minimum atomic E-state index is 0.648.